The topological polar surface area (TPSA) is 74.8 Å². The predicted octanol–water partition coefficient (Wildman–Crippen LogP) is 2.85. The van der Waals surface area contributed by atoms with Crippen molar-refractivity contribution < 1.29 is 9.59 Å². The molecule has 0 aliphatic carbocycles. The molecule has 0 bridgehead atoms. The standard InChI is InChI=1S/C13H15N3O2S/c1-6-5-14-13(19-6)16-12(18)11-7(2)10(9(4)17)8(3)15-11/h5,15H,1-4H3,(H,14,16,18). The highest BCUT2D eigenvalue weighted by atomic mass is 32.1. The van der Waals surface area contributed by atoms with Gasteiger partial charge in [-0.05, 0) is 33.3 Å². The van der Waals surface area contributed by atoms with E-state index in [4.69, 9.17) is 0 Å². The zero-order valence-electron chi connectivity index (χ0n) is 11.2. The fraction of sp³-hybridized carbons (Fsp3) is 0.308. The number of anilines is 1. The van der Waals surface area contributed by atoms with E-state index in [2.05, 4.69) is 15.3 Å². The average Bonchev–Trinajstić information content (AvgIpc) is 2.82. The van der Waals surface area contributed by atoms with Crippen LogP contribution in [-0.2, 0) is 0 Å². The van der Waals surface area contributed by atoms with Crippen molar-refractivity contribution in [3.05, 3.63) is 33.6 Å². The maximum atomic E-state index is 12.1. The maximum absolute atomic E-state index is 12.1. The van der Waals surface area contributed by atoms with Crippen molar-refractivity contribution in [2.75, 3.05) is 5.32 Å². The zero-order valence-corrected chi connectivity index (χ0v) is 12.1. The van der Waals surface area contributed by atoms with Crippen molar-refractivity contribution in [1.82, 2.24) is 9.97 Å². The second-order valence-electron chi connectivity index (χ2n) is 4.41. The Kier molecular flexibility index (Phi) is 3.53. The van der Waals surface area contributed by atoms with Crippen LogP contribution >= 0.6 is 11.3 Å². The Labute approximate surface area is 115 Å². The molecule has 1 amide bonds. The molecule has 0 unspecified atom stereocenters. The second-order valence-corrected chi connectivity index (χ2v) is 5.65. The third kappa shape index (κ3) is 2.58. The van der Waals surface area contributed by atoms with Crippen molar-refractivity contribution in [1.29, 1.82) is 0 Å². The molecule has 0 aromatic carbocycles. The largest absolute Gasteiger partial charge is 0.354 e. The van der Waals surface area contributed by atoms with Gasteiger partial charge in [-0.15, -0.1) is 11.3 Å². The van der Waals surface area contributed by atoms with E-state index < -0.39 is 0 Å². The van der Waals surface area contributed by atoms with Crippen molar-refractivity contribution in [3.8, 4) is 0 Å². The van der Waals surface area contributed by atoms with Gasteiger partial charge in [-0.25, -0.2) is 4.98 Å². The van der Waals surface area contributed by atoms with Crippen LogP contribution in [0.5, 0.6) is 0 Å². The second kappa shape index (κ2) is 4.97. The third-order valence-electron chi connectivity index (χ3n) is 2.86. The fourth-order valence-electron chi connectivity index (χ4n) is 2.08. The van der Waals surface area contributed by atoms with Gasteiger partial charge in [0.05, 0.1) is 0 Å². The summed E-state index contributed by atoms with van der Waals surface area (Å²) in [4.78, 5) is 31.7. The van der Waals surface area contributed by atoms with E-state index >= 15 is 0 Å². The molecule has 0 aliphatic rings. The van der Waals surface area contributed by atoms with Gasteiger partial charge in [0.25, 0.3) is 5.91 Å². The summed E-state index contributed by atoms with van der Waals surface area (Å²) >= 11 is 1.41. The number of aromatic amines is 1. The maximum Gasteiger partial charge on any atom is 0.274 e. The number of carbonyl (C=O) groups is 2. The number of hydrogen-bond donors (Lipinski definition) is 2. The number of nitrogens with one attached hydrogen (secondary N) is 2. The van der Waals surface area contributed by atoms with Crippen LogP contribution in [0.15, 0.2) is 6.20 Å². The van der Waals surface area contributed by atoms with E-state index in [1.165, 1.54) is 18.3 Å². The van der Waals surface area contributed by atoms with Gasteiger partial charge in [0.15, 0.2) is 10.9 Å². The number of carbonyl (C=O) groups excluding carboxylic acids is 2. The van der Waals surface area contributed by atoms with Gasteiger partial charge in [0.2, 0.25) is 0 Å². The molecular formula is C13H15N3O2S. The number of Topliss-reactive ketones (excluding diaryl/α,β-unsaturated/α-hetero) is 1. The van der Waals surface area contributed by atoms with E-state index in [0.29, 0.717) is 27.6 Å². The number of H-pyrrole nitrogens is 1. The van der Waals surface area contributed by atoms with Crippen LogP contribution in [0.3, 0.4) is 0 Å². The van der Waals surface area contributed by atoms with Crippen LogP contribution in [0.2, 0.25) is 0 Å². The summed E-state index contributed by atoms with van der Waals surface area (Å²) in [5, 5.41) is 3.28. The normalized spacial score (nSPS) is 10.5. The van der Waals surface area contributed by atoms with Crippen molar-refractivity contribution in [2.45, 2.75) is 27.7 Å². The molecule has 2 N–H and O–H groups in total. The fourth-order valence-corrected chi connectivity index (χ4v) is 2.74. The summed E-state index contributed by atoms with van der Waals surface area (Å²) in [5.41, 5.74) is 2.39. The van der Waals surface area contributed by atoms with Gasteiger partial charge in [-0.1, -0.05) is 0 Å². The molecule has 0 radical (unpaired) electrons. The number of nitrogens with zero attached hydrogens (tertiary/aromatic N) is 1. The first-order chi connectivity index (χ1) is 8.90. The summed E-state index contributed by atoms with van der Waals surface area (Å²) in [6.45, 7) is 6.97. The third-order valence-corrected chi connectivity index (χ3v) is 3.69. The molecular weight excluding hydrogens is 262 g/mol. The van der Waals surface area contributed by atoms with Crippen molar-refractivity contribution in [3.63, 3.8) is 0 Å². The van der Waals surface area contributed by atoms with Gasteiger partial charge in [-0.2, -0.15) is 0 Å². The molecule has 5 nitrogen and oxygen atoms in total. The number of thiazole rings is 1. The first-order valence-corrected chi connectivity index (χ1v) is 6.65. The summed E-state index contributed by atoms with van der Waals surface area (Å²) in [5.74, 6) is -0.321. The van der Waals surface area contributed by atoms with Gasteiger partial charge in [-0.3, -0.25) is 14.9 Å². The van der Waals surface area contributed by atoms with Crippen molar-refractivity contribution >= 4 is 28.2 Å². The number of rotatable bonds is 3. The highest BCUT2D eigenvalue weighted by Gasteiger charge is 2.20. The lowest BCUT2D eigenvalue weighted by Gasteiger charge is -2.01. The summed E-state index contributed by atoms with van der Waals surface area (Å²) in [6, 6.07) is 0. The number of aromatic nitrogens is 2. The van der Waals surface area contributed by atoms with Gasteiger partial charge >= 0.3 is 0 Å². The van der Waals surface area contributed by atoms with Gasteiger partial charge in [0, 0.05) is 22.3 Å². The van der Waals surface area contributed by atoms with Gasteiger partial charge in [0.1, 0.15) is 5.69 Å². The molecule has 0 saturated heterocycles. The molecule has 0 spiro atoms. The highest BCUT2D eigenvalue weighted by molar-refractivity contribution is 7.15. The molecule has 2 aromatic heterocycles. The summed E-state index contributed by atoms with van der Waals surface area (Å²) < 4.78 is 0. The van der Waals surface area contributed by atoms with Crippen molar-refractivity contribution in [2.24, 2.45) is 0 Å². The average molecular weight is 277 g/mol. The van der Waals surface area contributed by atoms with Crippen LogP contribution < -0.4 is 5.32 Å². The number of hydrogen-bond acceptors (Lipinski definition) is 4. The number of ketones is 1. The Bertz CT molecular complexity index is 655. The van der Waals surface area contributed by atoms with E-state index in [9.17, 15) is 9.59 Å². The SMILES string of the molecule is CC(=O)c1c(C)[nH]c(C(=O)Nc2ncc(C)s2)c1C. The predicted molar refractivity (Wildman–Crippen MR) is 75.1 cm³/mol. The summed E-state index contributed by atoms with van der Waals surface area (Å²) in [6.07, 6.45) is 1.70. The van der Waals surface area contributed by atoms with E-state index in [1.54, 1.807) is 20.0 Å². The Hall–Kier alpha value is -1.95. The van der Waals surface area contributed by atoms with Crippen LogP contribution in [0.4, 0.5) is 5.13 Å². The van der Waals surface area contributed by atoms with Crippen LogP contribution in [-0.4, -0.2) is 21.7 Å². The minimum Gasteiger partial charge on any atom is -0.354 e. The zero-order chi connectivity index (χ0) is 14.2. The summed E-state index contributed by atoms with van der Waals surface area (Å²) in [7, 11) is 0. The minimum atomic E-state index is -0.276. The van der Waals surface area contributed by atoms with E-state index in [1.807, 2.05) is 6.92 Å². The van der Waals surface area contributed by atoms with Crippen LogP contribution in [0, 0.1) is 20.8 Å². The lowest BCUT2D eigenvalue weighted by atomic mass is 10.1. The van der Waals surface area contributed by atoms with Crippen LogP contribution in [0.25, 0.3) is 0 Å². The molecule has 100 valence electrons. The molecule has 2 heterocycles. The Morgan fingerprint density at radius 2 is 2.00 bits per heavy atom. The van der Waals surface area contributed by atoms with E-state index in [-0.39, 0.29) is 11.7 Å². The molecule has 0 fully saturated rings. The Balaban J connectivity index is 2.29. The molecule has 19 heavy (non-hydrogen) atoms. The monoisotopic (exact) mass is 277 g/mol. The lowest BCUT2D eigenvalue weighted by molar-refractivity contribution is 0.101. The first kappa shape index (κ1) is 13.5. The van der Waals surface area contributed by atoms with Crippen LogP contribution in [0.1, 0.15) is 43.9 Å². The Morgan fingerprint density at radius 3 is 2.47 bits per heavy atom. The quantitative estimate of drug-likeness (QED) is 0.847. The molecule has 6 heteroatoms. The minimum absolute atomic E-state index is 0.0459. The number of amides is 1. The highest BCUT2D eigenvalue weighted by Crippen LogP contribution is 2.21. The Morgan fingerprint density at radius 1 is 1.32 bits per heavy atom. The van der Waals surface area contributed by atoms with E-state index in [0.717, 1.165) is 4.88 Å². The molecule has 2 aromatic rings. The molecule has 0 atom stereocenters. The number of aryl methyl sites for hydroxylation is 2. The molecule has 0 aliphatic heterocycles. The smallest absolute Gasteiger partial charge is 0.274 e. The molecule has 0 saturated carbocycles. The molecule has 2 rings (SSSR count). The first-order valence-electron chi connectivity index (χ1n) is 5.84. The lowest BCUT2D eigenvalue weighted by Crippen LogP contribution is -2.13. The van der Waals surface area contributed by atoms with Gasteiger partial charge < -0.3 is 4.98 Å².